The minimum atomic E-state index is -0.419. The summed E-state index contributed by atoms with van der Waals surface area (Å²) in [4.78, 5) is 35.1. The SMILES string of the molecule is CC(C[C@H](N)CNC(=O)c1cccc(C=O)c1)C(=O)Nc1ccc(F)cc1. The van der Waals surface area contributed by atoms with Gasteiger partial charge in [-0.3, -0.25) is 14.4 Å². The quantitative estimate of drug-likeness (QED) is 0.620. The predicted molar refractivity (Wildman–Crippen MR) is 101 cm³/mol. The van der Waals surface area contributed by atoms with Gasteiger partial charge in [-0.2, -0.15) is 0 Å². The van der Waals surface area contributed by atoms with Gasteiger partial charge in [0.1, 0.15) is 12.1 Å². The Morgan fingerprint density at radius 2 is 1.89 bits per heavy atom. The standard InChI is InChI=1S/C20H22FN3O3/c1-13(19(26)24-18-7-5-16(21)6-8-18)9-17(22)11-23-20(27)15-4-2-3-14(10-15)12-25/h2-8,10,12-13,17H,9,11,22H2,1H3,(H,23,27)(H,24,26)/t13?,17-/m0/s1. The molecule has 142 valence electrons. The van der Waals surface area contributed by atoms with Gasteiger partial charge in [0.2, 0.25) is 5.91 Å². The Labute approximate surface area is 156 Å². The molecule has 0 bridgehead atoms. The average molecular weight is 371 g/mol. The molecule has 2 aromatic carbocycles. The van der Waals surface area contributed by atoms with Gasteiger partial charge in [-0.1, -0.05) is 19.1 Å². The monoisotopic (exact) mass is 371 g/mol. The Balaban J connectivity index is 1.80. The number of nitrogens with two attached hydrogens (primary N) is 1. The number of aldehydes is 1. The molecule has 0 saturated heterocycles. The van der Waals surface area contributed by atoms with Crippen LogP contribution in [0.15, 0.2) is 48.5 Å². The zero-order valence-corrected chi connectivity index (χ0v) is 14.9. The first kappa shape index (κ1) is 20.3. The van der Waals surface area contributed by atoms with Crippen LogP contribution in [0.4, 0.5) is 10.1 Å². The molecule has 0 aliphatic rings. The van der Waals surface area contributed by atoms with Gasteiger partial charge < -0.3 is 16.4 Å². The van der Waals surface area contributed by atoms with Crippen molar-refractivity contribution in [2.75, 3.05) is 11.9 Å². The van der Waals surface area contributed by atoms with Crippen molar-refractivity contribution < 1.29 is 18.8 Å². The summed E-state index contributed by atoms with van der Waals surface area (Å²) in [5, 5.41) is 5.39. The first-order chi connectivity index (χ1) is 12.9. The number of carbonyl (C=O) groups is 3. The third-order valence-corrected chi connectivity index (χ3v) is 4.03. The van der Waals surface area contributed by atoms with Crippen molar-refractivity contribution in [2.45, 2.75) is 19.4 Å². The van der Waals surface area contributed by atoms with Gasteiger partial charge in [0, 0.05) is 35.3 Å². The molecule has 0 spiro atoms. The van der Waals surface area contributed by atoms with Crippen LogP contribution in [0.25, 0.3) is 0 Å². The van der Waals surface area contributed by atoms with E-state index in [9.17, 15) is 18.8 Å². The minimum absolute atomic E-state index is 0.193. The maximum Gasteiger partial charge on any atom is 0.251 e. The van der Waals surface area contributed by atoms with Crippen LogP contribution >= 0.6 is 0 Å². The number of carbonyl (C=O) groups excluding carboxylic acids is 3. The fourth-order valence-electron chi connectivity index (χ4n) is 2.52. The highest BCUT2D eigenvalue weighted by atomic mass is 19.1. The van der Waals surface area contributed by atoms with Gasteiger partial charge in [0.25, 0.3) is 5.91 Å². The third-order valence-electron chi connectivity index (χ3n) is 4.03. The summed E-state index contributed by atoms with van der Waals surface area (Å²) in [6.07, 6.45) is 1.03. The number of hydrogen-bond acceptors (Lipinski definition) is 4. The molecule has 2 atom stereocenters. The van der Waals surface area contributed by atoms with Crippen molar-refractivity contribution in [1.29, 1.82) is 0 Å². The van der Waals surface area contributed by atoms with E-state index >= 15 is 0 Å². The van der Waals surface area contributed by atoms with Gasteiger partial charge >= 0.3 is 0 Å². The van der Waals surface area contributed by atoms with Crippen LogP contribution < -0.4 is 16.4 Å². The third kappa shape index (κ3) is 6.31. The molecule has 7 heteroatoms. The number of hydrogen-bond donors (Lipinski definition) is 3. The molecular weight excluding hydrogens is 349 g/mol. The van der Waals surface area contributed by atoms with E-state index in [2.05, 4.69) is 10.6 Å². The Kier molecular flexibility index (Phi) is 7.19. The molecule has 4 N–H and O–H groups in total. The highest BCUT2D eigenvalue weighted by Crippen LogP contribution is 2.12. The number of anilines is 1. The summed E-state index contributed by atoms with van der Waals surface area (Å²) in [6, 6.07) is 11.4. The first-order valence-electron chi connectivity index (χ1n) is 8.54. The largest absolute Gasteiger partial charge is 0.350 e. The second-order valence-corrected chi connectivity index (χ2v) is 6.35. The van der Waals surface area contributed by atoms with Crippen molar-refractivity contribution in [3.05, 3.63) is 65.5 Å². The summed E-state index contributed by atoms with van der Waals surface area (Å²) in [5.74, 6) is -1.34. The van der Waals surface area contributed by atoms with Crippen molar-refractivity contribution in [3.63, 3.8) is 0 Å². The van der Waals surface area contributed by atoms with Crippen molar-refractivity contribution in [1.82, 2.24) is 5.32 Å². The molecule has 2 rings (SSSR count). The molecule has 0 radical (unpaired) electrons. The molecule has 0 heterocycles. The number of benzene rings is 2. The van der Waals surface area contributed by atoms with Crippen molar-refractivity contribution in [3.8, 4) is 0 Å². The fourth-order valence-corrected chi connectivity index (χ4v) is 2.52. The van der Waals surface area contributed by atoms with Gasteiger partial charge in [-0.05, 0) is 42.8 Å². The van der Waals surface area contributed by atoms with Gasteiger partial charge in [0.15, 0.2) is 0 Å². The highest BCUT2D eigenvalue weighted by Gasteiger charge is 2.18. The molecule has 0 aliphatic heterocycles. The van der Waals surface area contributed by atoms with E-state index in [1.807, 2.05) is 0 Å². The summed E-state index contributed by atoms with van der Waals surface area (Å²) in [5.41, 5.74) is 7.30. The summed E-state index contributed by atoms with van der Waals surface area (Å²) in [6.45, 7) is 1.92. The zero-order valence-electron chi connectivity index (χ0n) is 14.9. The van der Waals surface area contributed by atoms with Crippen LogP contribution in [0.5, 0.6) is 0 Å². The molecule has 6 nitrogen and oxygen atoms in total. The maximum atomic E-state index is 12.9. The molecular formula is C20H22FN3O3. The molecule has 0 aliphatic carbocycles. The highest BCUT2D eigenvalue weighted by molar-refractivity contribution is 5.95. The van der Waals surface area contributed by atoms with Crippen LogP contribution in [0.3, 0.4) is 0 Å². The second-order valence-electron chi connectivity index (χ2n) is 6.35. The van der Waals surface area contributed by atoms with E-state index < -0.39 is 6.04 Å². The van der Waals surface area contributed by atoms with Crippen molar-refractivity contribution >= 4 is 23.8 Å². The Morgan fingerprint density at radius 3 is 2.56 bits per heavy atom. The normalized spacial score (nSPS) is 12.7. The molecule has 0 saturated carbocycles. The summed E-state index contributed by atoms with van der Waals surface area (Å²) >= 11 is 0. The van der Waals surface area contributed by atoms with E-state index in [1.54, 1.807) is 25.1 Å². The van der Waals surface area contributed by atoms with Crippen LogP contribution in [0.2, 0.25) is 0 Å². The maximum absolute atomic E-state index is 12.9. The number of rotatable bonds is 8. The molecule has 2 aromatic rings. The Morgan fingerprint density at radius 1 is 1.19 bits per heavy atom. The van der Waals surface area contributed by atoms with Crippen LogP contribution in [0, 0.1) is 11.7 Å². The Hall–Kier alpha value is -3.06. The predicted octanol–water partition coefficient (Wildman–Crippen LogP) is 2.36. The lowest BCUT2D eigenvalue weighted by Crippen LogP contribution is -2.39. The second kappa shape index (κ2) is 9.59. The zero-order chi connectivity index (χ0) is 19.8. The fraction of sp³-hybridized carbons (Fsp3) is 0.250. The van der Waals surface area contributed by atoms with E-state index in [-0.39, 0.29) is 30.1 Å². The topological polar surface area (TPSA) is 101 Å². The van der Waals surface area contributed by atoms with Gasteiger partial charge in [-0.25, -0.2) is 4.39 Å². The number of halogens is 1. The smallest absolute Gasteiger partial charge is 0.251 e. The van der Waals surface area contributed by atoms with Crippen LogP contribution in [-0.2, 0) is 4.79 Å². The summed E-state index contributed by atoms with van der Waals surface area (Å²) < 4.78 is 12.9. The lowest BCUT2D eigenvalue weighted by atomic mass is 10.0. The van der Waals surface area contributed by atoms with Crippen LogP contribution in [-0.4, -0.2) is 30.7 Å². The lowest BCUT2D eigenvalue weighted by molar-refractivity contribution is -0.119. The van der Waals surface area contributed by atoms with E-state index in [4.69, 9.17) is 5.73 Å². The number of nitrogens with one attached hydrogen (secondary N) is 2. The average Bonchev–Trinajstić information content (AvgIpc) is 2.67. The summed E-state index contributed by atoms with van der Waals surface area (Å²) in [7, 11) is 0. The minimum Gasteiger partial charge on any atom is -0.350 e. The van der Waals surface area contributed by atoms with Gasteiger partial charge in [0.05, 0.1) is 0 Å². The lowest BCUT2D eigenvalue weighted by Gasteiger charge is -2.18. The van der Waals surface area contributed by atoms with Crippen LogP contribution in [0.1, 0.15) is 34.1 Å². The van der Waals surface area contributed by atoms with E-state index in [1.165, 1.54) is 30.3 Å². The van der Waals surface area contributed by atoms with Crippen molar-refractivity contribution in [2.24, 2.45) is 11.7 Å². The molecule has 27 heavy (non-hydrogen) atoms. The molecule has 0 aromatic heterocycles. The first-order valence-corrected chi connectivity index (χ1v) is 8.54. The Bertz CT molecular complexity index is 808. The molecule has 2 amide bonds. The van der Waals surface area contributed by atoms with Gasteiger partial charge in [-0.15, -0.1) is 0 Å². The van der Waals surface area contributed by atoms with E-state index in [0.29, 0.717) is 29.5 Å². The van der Waals surface area contributed by atoms with E-state index in [0.717, 1.165) is 0 Å². The molecule has 0 fully saturated rings. The molecule has 1 unspecified atom stereocenters. The number of amides is 2.